The standard InChI is InChI=1S/C24H33N5O3/c1-18-15-22(27-24(25-18)26-19-7-4-3-5-8-19)28-11-13-29(14-12-28)23(30)17-32-21-10-6-9-20(16-21)31-2/h6,9-10,15-16,19H,3-5,7-8,11-14,17H2,1-2H3,(H,25,26,27). The number of nitrogens with one attached hydrogen (secondary N) is 1. The summed E-state index contributed by atoms with van der Waals surface area (Å²) in [5, 5.41) is 3.53. The monoisotopic (exact) mass is 439 g/mol. The first-order chi connectivity index (χ1) is 15.6. The Morgan fingerprint density at radius 1 is 1.06 bits per heavy atom. The van der Waals surface area contributed by atoms with E-state index in [9.17, 15) is 4.79 Å². The van der Waals surface area contributed by atoms with Crippen molar-refractivity contribution in [1.82, 2.24) is 14.9 Å². The van der Waals surface area contributed by atoms with Crippen LogP contribution in [0.5, 0.6) is 11.5 Å². The first kappa shape index (κ1) is 22.2. The Bertz CT molecular complexity index is 908. The number of anilines is 2. The van der Waals surface area contributed by atoms with E-state index in [0.717, 1.165) is 30.5 Å². The Balaban J connectivity index is 1.29. The zero-order valence-corrected chi connectivity index (χ0v) is 19.0. The predicted molar refractivity (Wildman–Crippen MR) is 125 cm³/mol. The number of aromatic nitrogens is 2. The number of ether oxygens (including phenoxy) is 2. The highest BCUT2D eigenvalue weighted by molar-refractivity contribution is 5.78. The van der Waals surface area contributed by atoms with Crippen LogP contribution in [0.1, 0.15) is 37.8 Å². The number of rotatable bonds is 7. The molecule has 2 heterocycles. The predicted octanol–water partition coefficient (Wildman–Crippen LogP) is 3.27. The molecule has 1 saturated carbocycles. The lowest BCUT2D eigenvalue weighted by molar-refractivity contribution is -0.133. The Morgan fingerprint density at radius 2 is 1.81 bits per heavy atom. The summed E-state index contributed by atoms with van der Waals surface area (Å²) >= 11 is 0. The van der Waals surface area contributed by atoms with E-state index in [0.29, 0.717) is 30.6 Å². The fraction of sp³-hybridized carbons (Fsp3) is 0.542. The van der Waals surface area contributed by atoms with E-state index >= 15 is 0 Å². The maximum Gasteiger partial charge on any atom is 0.260 e. The average Bonchev–Trinajstić information content (AvgIpc) is 2.83. The second-order valence-corrected chi connectivity index (χ2v) is 8.51. The molecule has 4 rings (SSSR count). The van der Waals surface area contributed by atoms with Crippen LogP contribution in [0.15, 0.2) is 30.3 Å². The molecule has 0 spiro atoms. The van der Waals surface area contributed by atoms with Crippen molar-refractivity contribution in [3.63, 3.8) is 0 Å². The third kappa shape index (κ3) is 5.81. The smallest absolute Gasteiger partial charge is 0.260 e. The van der Waals surface area contributed by atoms with Gasteiger partial charge in [0.25, 0.3) is 5.91 Å². The number of hydrogen-bond acceptors (Lipinski definition) is 7. The van der Waals surface area contributed by atoms with Gasteiger partial charge in [-0.1, -0.05) is 25.3 Å². The van der Waals surface area contributed by atoms with E-state index in [-0.39, 0.29) is 12.5 Å². The molecule has 1 aromatic heterocycles. The Kier molecular flexibility index (Phi) is 7.29. The molecule has 1 aromatic carbocycles. The molecule has 0 atom stereocenters. The lowest BCUT2D eigenvalue weighted by Crippen LogP contribution is -2.50. The SMILES string of the molecule is COc1cccc(OCC(=O)N2CCN(c3cc(C)nc(NC4CCCCC4)n3)CC2)c1. The Morgan fingerprint density at radius 3 is 2.56 bits per heavy atom. The van der Waals surface area contributed by atoms with Crippen molar-refractivity contribution in [3.8, 4) is 11.5 Å². The third-order valence-corrected chi connectivity index (χ3v) is 6.14. The Labute approximate surface area is 189 Å². The zero-order valence-electron chi connectivity index (χ0n) is 19.0. The molecule has 2 aliphatic rings. The van der Waals surface area contributed by atoms with Gasteiger partial charge >= 0.3 is 0 Å². The number of amides is 1. The molecular weight excluding hydrogens is 406 g/mol. The molecule has 8 nitrogen and oxygen atoms in total. The van der Waals surface area contributed by atoms with Crippen molar-refractivity contribution in [3.05, 3.63) is 36.0 Å². The second kappa shape index (κ2) is 10.5. The zero-order chi connectivity index (χ0) is 22.3. The van der Waals surface area contributed by atoms with Crippen molar-refractivity contribution in [1.29, 1.82) is 0 Å². The van der Waals surface area contributed by atoms with Crippen molar-refractivity contribution >= 4 is 17.7 Å². The number of carbonyl (C=O) groups is 1. The van der Waals surface area contributed by atoms with Crippen molar-refractivity contribution < 1.29 is 14.3 Å². The highest BCUT2D eigenvalue weighted by Gasteiger charge is 2.23. The highest BCUT2D eigenvalue weighted by atomic mass is 16.5. The quantitative estimate of drug-likeness (QED) is 0.709. The van der Waals surface area contributed by atoms with E-state index in [1.54, 1.807) is 13.2 Å². The van der Waals surface area contributed by atoms with E-state index in [1.165, 1.54) is 32.1 Å². The normalized spacial score (nSPS) is 17.2. The van der Waals surface area contributed by atoms with Gasteiger partial charge < -0.3 is 24.6 Å². The molecule has 1 saturated heterocycles. The van der Waals surface area contributed by atoms with Crippen LogP contribution in [0.2, 0.25) is 0 Å². The van der Waals surface area contributed by atoms with Gasteiger partial charge in [0.1, 0.15) is 17.3 Å². The number of benzene rings is 1. The van der Waals surface area contributed by atoms with E-state index < -0.39 is 0 Å². The lowest BCUT2D eigenvalue weighted by Gasteiger charge is -2.35. The molecule has 1 aliphatic carbocycles. The van der Waals surface area contributed by atoms with E-state index in [1.807, 2.05) is 36.1 Å². The third-order valence-electron chi connectivity index (χ3n) is 6.14. The molecule has 172 valence electrons. The number of nitrogens with zero attached hydrogens (tertiary/aromatic N) is 4. The maximum atomic E-state index is 12.6. The van der Waals surface area contributed by atoms with Crippen molar-refractivity contribution in [2.24, 2.45) is 0 Å². The molecule has 32 heavy (non-hydrogen) atoms. The first-order valence-electron chi connectivity index (χ1n) is 11.5. The van der Waals surface area contributed by atoms with Crippen molar-refractivity contribution in [2.45, 2.75) is 45.1 Å². The fourth-order valence-electron chi connectivity index (χ4n) is 4.32. The van der Waals surface area contributed by atoms with Crippen molar-refractivity contribution in [2.75, 3.05) is 50.1 Å². The molecule has 0 unspecified atom stereocenters. The van der Waals surface area contributed by atoms with Gasteiger partial charge in [-0.3, -0.25) is 4.79 Å². The van der Waals surface area contributed by atoms with Crippen LogP contribution < -0.4 is 19.7 Å². The number of hydrogen-bond donors (Lipinski definition) is 1. The van der Waals surface area contributed by atoms with Gasteiger partial charge in [0, 0.05) is 50.0 Å². The number of aryl methyl sites for hydroxylation is 1. The molecule has 8 heteroatoms. The summed E-state index contributed by atoms with van der Waals surface area (Å²) in [4.78, 5) is 26.1. The van der Waals surface area contributed by atoms with Gasteiger partial charge in [-0.2, -0.15) is 4.98 Å². The number of methoxy groups -OCH3 is 1. The molecular formula is C24H33N5O3. The first-order valence-corrected chi connectivity index (χ1v) is 11.5. The highest BCUT2D eigenvalue weighted by Crippen LogP contribution is 2.23. The van der Waals surface area contributed by atoms with Gasteiger partial charge in [-0.25, -0.2) is 4.98 Å². The molecule has 2 aromatic rings. The lowest BCUT2D eigenvalue weighted by atomic mass is 9.96. The number of piperazine rings is 1. The average molecular weight is 440 g/mol. The van der Waals surface area contributed by atoms with Crippen LogP contribution >= 0.6 is 0 Å². The minimum absolute atomic E-state index is 0.00834. The summed E-state index contributed by atoms with van der Waals surface area (Å²) in [7, 11) is 1.61. The summed E-state index contributed by atoms with van der Waals surface area (Å²) in [6, 6.07) is 9.79. The van der Waals surface area contributed by atoms with Gasteiger partial charge in [0.05, 0.1) is 7.11 Å². The summed E-state index contributed by atoms with van der Waals surface area (Å²) < 4.78 is 10.9. The van der Waals surface area contributed by atoms with Gasteiger partial charge in [0.2, 0.25) is 5.95 Å². The van der Waals surface area contributed by atoms with E-state index in [4.69, 9.17) is 14.5 Å². The summed E-state index contributed by atoms with van der Waals surface area (Å²) in [5.41, 5.74) is 0.957. The van der Waals surface area contributed by atoms with E-state index in [2.05, 4.69) is 15.2 Å². The minimum Gasteiger partial charge on any atom is -0.497 e. The fourth-order valence-corrected chi connectivity index (χ4v) is 4.32. The minimum atomic E-state index is -0.00834. The molecule has 0 radical (unpaired) electrons. The molecule has 1 N–H and O–H groups in total. The van der Waals surface area contributed by atoms with Crippen LogP contribution in [0.3, 0.4) is 0 Å². The van der Waals surface area contributed by atoms with Gasteiger partial charge in [0.15, 0.2) is 6.61 Å². The topological polar surface area (TPSA) is 79.8 Å². The summed E-state index contributed by atoms with van der Waals surface area (Å²) in [6.07, 6.45) is 6.24. The summed E-state index contributed by atoms with van der Waals surface area (Å²) in [6.45, 7) is 4.81. The van der Waals surface area contributed by atoms with Crippen LogP contribution in [0, 0.1) is 6.92 Å². The molecule has 1 amide bonds. The van der Waals surface area contributed by atoms with Crippen LogP contribution in [-0.4, -0.2) is 66.7 Å². The van der Waals surface area contributed by atoms with Crippen LogP contribution in [0.25, 0.3) is 0 Å². The van der Waals surface area contributed by atoms with Crippen LogP contribution in [0.4, 0.5) is 11.8 Å². The van der Waals surface area contributed by atoms with Crippen LogP contribution in [-0.2, 0) is 4.79 Å². The van der Waals surface area contributed by atoms with Gasteiger partial charge in [-0.05, 0) is 31.9 Å². The number of carbonyl (C=O) groups excluding carboxylic acids is 1. The largest absolute Gasteiger partial charge is 0.497 e. The second-order valence-electron chi connectivity index (χ2n) is 8.51. The maximum absolute atomic E-state index is 12.6. The molecule has 0 bridgehead atoms. The Hall–Kier alpha value is -3.03. The molecule has 1 aliphatic heterocycles. The summed E-state index contributed by atoms with van der Waals surface area (Å²) in [5.74, 6) is 2.98. The molecule has 2 fully saturated rings. The van der Waals surface area contributed by atoms with Gasteiger partial charge in [-0.15, -0.1) is 0 Å².